The van der Waals surface area contributed by atoms with Crippen LogP contribution < -0.4 is 15.4 Å². The summed E-state index contributed by atoms with van der Waals surface area (Å²) in [6.45, 7) is 12.5. The number of aliphatic imine (C=N–C) groups is 1. The first-order valence-corrected chi connectivity index (χ1v) is 10.9. The Kier molecular flexibility index (Phi) is 12.0. The number of halogens is 1. The molecule has 1 saturated heterocycles. The van der Waals surface area contributed by atoms with Crippen LogP contribution >= 0.6 is 24.0 Å². The van der Waals surface area contributed by atoms with Crippen molar-refractivity contribution in [3.8, 4) is 5.75 Å². The van der Waals surface area contributed by atoms with Gasteiger partial charge in [-0.25, -0.2) is 0 Å². The van der Waals surface area contributed by atoms with Gasteiger partial charge in [0.25, 0.3) is 0 Å². The van der Waals surface area contributed by atoms with Gasteiger partial charge < -0.3 is 25.0 Å². The van der Waals surface area contributed by atoms with E-state index in [0.29, 0.717) is 5.92 Å². The molecule has 30 heavy (non-hydrogen) atoms. The van der Waals surface area contributed by atoms with E-state index < -0.39 is 0 Å². The standard InChI is InChI=1S/C23H40N4O2.HI/c1-7-24-22(25-17-23(27(5)6)12-14-28-15-13-23)26-19(4)20-8-10-21(11-9-20)29-16-18(2)3;/h8-11,18-19H,7,12-17H2,1-6H3,(H2,24,25,26);1H. The number of rotatable bonds is 9. The van der Waals surface area contributed by atoms with E-state index in [0.717, 1.165) is 57.5 Å². The molecule has 0 aromatic heterocycles. The van der Waals surface area contributed by atoms with E-state index in [1.54, 1.807) is 0 Å². The van der Waals surface area contributed by atoms with Gasteiger partial charge in [0.15, 0.2) is 5.96 Å². The molecule has 1 fully saturated rings. The summed E-state index contributed by atoms with van der Waals surface area (Å²) in [4.78, 5) is 7.24. The Bertz CT molecular complexity index is 629. The number of hydrogen-bond acceptors (Lipinski definition) is 4. The van der Waals surface area contributed by atoms with Crippen molar-refractivity contribution in [3.63, 3.8) is 0 Å². The molecule has 172 valence electrons. The van der Waals surface area contributed by atoms with Crippen LogP contribution in [0.1, 0.15) is 52.1 Å². The molecule has 1 aromatic carbocycles. The average molecular weight is 533 g/mol. The van der Waals surface area contributed by atoms with Crippen molar-refractivity contribution in [2.45, 2.75) is 52.1 Å². The highest BCUT2D eigenvalue weighted by molar-refractivity contribution is 14.0. The lowest BCUT2D eigenvalue weighted by atomic mass is 9.89. The summed E-state index contributed by atoms with van der Waals surface area (Å²) in [6, 6.07) is 8.48. The van der Waals surface area contributed by atoms with Crippen LogP contribution in [0.4, 0.5) is 0 Å². The van der Waals surface area contributed by atoms with Gasteiger partial charge in [0.05, 0.1) is 19.2 Å². The Balaban J connectivity index is 0.00000450. The highest BCUT2D eigenvalue weighted by Gasteiger charge is 2.34. The molecule has 6 nitrogen and oxygen atoms in total. The van der Waals surface area contributed by atoms with Gasteiger partial charge in [0.1, 0.15) is 5.75 Å². The van der Waals surface area contributed by atoms with Crippen molar-refractivity contribution in [1.82, 2.24) is 15.5 Å². The summed E-state index contributed by atoms with van der Waals surface area (Å²) in [5.74, 6) is 2.30. The Hall–Kier alpha value is -1.06. The van der Waals surface area contributed by atoms with Gasteiger partial charge in [-0.1, -0.05) is 26.0 Å². The van der Waals surface area contributed by atoms with Crippen LogP contribution in [-0.2, 0) is 4.74 Å². The first-order chi connectivity index (χ1) is 13.9. The van der Waals surface area contributed by atoms with Crippen LogP contribution in [0.25, 0.3) is 0 Å². The van der Waals surface area contributed by atoms with Crippen molar-refractivity contribution in [2.75, 3.05) is 47.0 Å². The fraction of sp³-hybridized carbons (Fsp3) is 0.696. The summed E-state index contributed by atoms with van der Waals surface area (Å²) in [5, 5.41) is 6.94. The van der Waals surface area contributed by atoms with E-state index in [-0.39, 0.29) is 35.6 Å². The Morgan fingerprint density at radius 3 is 2.33 bits per heavy atom. The zero-order valence-electron chi connectivity index (χ0n) is 19.5. The van der Waals surface area contributed by atoms with Crippen LogP contribution in [-0.4, -0.2) is 63.4 Å². The second-order valence-corrected chi connectivity index (χ2v) is 8.57. The summed E-state index contributed by atoms with van der Waals surface area (Å²) < 4.78 is 11.4. The van der Waals surface area contributed by atoms with Gasteiger partial charge in [-0.3, -0.25) is 4.99 Å². The largest absolute Gasteiger partial charge is 0.493 e. The molecule has 0 saturated carbocycles. The molecule has 7 heteroatoms. The molecule has 1 aromatic rings. The molecule has 2 N–H and O–H groups in total. The SMILES string of the molecule is CCNC(=NCC1(N(C)C)CCOCC1)NC(C)c1ccc(OCC(C)C)cc1.I. The second-order valence-electron chi connectivity index (χ2n) is 8.57. The molecule has 0 radical (unpaired) electrons. The number of benzene rings is 1. The Morgan fingerprint density at radius 1 is 1.17 bits per heavy atom. The molecule has 0 bridgehead atoms. The molecular formula is C23H41IN4O2. The van der Waals surface area contributed by atoms with E-state index in [1.165, 1.54) is 5.56 Å². The van der Waals surface area contributed by atoms with E-state index in [2.05, 4.69) is 69.5 Å². The summed E-state index contributed by atoms with van der Waals surface area (Å²) >= 11 is 0. The molecular weight excluding hydrogens is 491 g/mol. The van der Waals surface area contributed by atoms with Gasteiger partial charge in [-0.05, 0) is 64.4 Å². The quantitative estimate of drug-likeness (QED) is 0.286. The van der Waals surface area contributed by atoms with E-state index in [4.69, 9.17) is 14.5 Å². The van der Waals surface area contributed by atoms with Crippen LogP contribution in [0.5, 0.6) is 5.75 Å². The number of nitrogens with zero attached hydrogens (tertiary/aromatic N) is 2. The minimum atomic E-state index is 0. The maximum absolute atomic E-state index is 5.79. The monoisotopic (exact) mass is 532 g/mol. The molecule has 1 atom stereocenters. The summed E-state index contributed by atoms with van der Waals surface area (Å²) in [6.07, 6.45) is 2.02. The fourth-order valence-corrected chi connectivity index (χ4v) is 3.45. The molecule has 1 aliphatic rings. The smallest absolute Gasteiger partial charge is 0.191 e. The number of guanidine groups is 1. The zero-order valence-corrected chi connectivity index (χ0v) is 21.9. The predicted molar refractivity (Wildman–Crippen MR) is 136 cm³/mol. The molecule has 0 aliphatic carbocycles. The van der Waals surface area contributed by atoms with Gasteiger partial charge in [-0.15, -0.1) is 24.0 Å². The van der Waals surface area contributed by atoms with Crippen LogP contribution in [0.2, 0.25) is 0 Å². The van der Waals surface area contributed by atoms with Crippen LogP contribution in [0.15, 0.2) is 29.3 Å². The number of hydrogen-bond donors (Lipinski definition) is 2. The van der Waals surface area contributed by atoms with Gasteiger partial charge in [-0.2, -0.15) is 0 Å². The van der Waals surface area contributed by atoms with E-state index in [9.17, 15) is 0 Å². The molecule has 0 spiro atoms. The summed E-state index contributed by atoms with van der Waals surface area (Å²) in [5.41, 5.74) is 1.28. The number of nitrogens with one attached hydrogen (secondary N) is 2. The van der Waals surface area contributed by atoms with Crippen LogP contribution in [0, 0.1) is 5.92 Å². The average Bonchev–Trinajstić information content (AvgIpc) is 2.71. The number of ether oxygens (including phenoxy) is 2. The van der Waals surface area contributed by atoms with Crippen molar-refractivity contribution in [3.05, 3.63) is 29.8 Å². The summed E-state index contributed by atoms with van der Waals surface area (Å²) in [7, 11) is 4.29. The first kappa shape index (κ1) is 27.0. The third kappa shape index (κ3) is 8.23. The third-order valence-electron chi connectivity index (χ3n) is 5.56. The third-order valence-corrected chi connectivity index (χ3v) is 5.56. The number of likely N-dealkylation sites (N-methyl/N-ethyl adjacent to an activating group) is 1. The predicted octanol–water partition coefficient (Wildman–Crippen LogP) is 4.07. The lowest BCUT2D eigenvalue weighted by Gasteiger charge is -2.41. The van der Waals surface area contributed by atoms with Crippen molar-refractivity contribution in [1.29, 1.82) is 0 Å². The van der Waals surface area contributed by atoms with Crippen molar-refractivity contribution >= 4 is 29.9 Å². The molecule has 1 heterocycles. The van der Waals surface area contributed by atoms with Gasteiger partial charge in [0.2, 0.25) is 0 Å². The Morgan fingerprint density at radius 2 is 1.80 bits per heavy atom. The highest BCUT2D eigenvalue weighted by atomic mass is 127. The zero-order chi connectivity index (χ0) is 21.3. The minimum Gasteiger partial charge on any atom is -0.493 e. The maximum atomic E-state index is 5.79. The van der Waals surface area contributed by atoms with Gasteiger partial charge >= 0.3 is 0 Å². The van der Waals surface area contributed by atoms with E-state index in [1.807, 2.05) is 12.1 Å². The maximum Gasteiger partial charge on any atom is 0.191 e. The topological polar surface area (TPSA) is 58.1 Å². The van der Waals surface area contributed by atoms with Crippen LogP contribution in [0.3, 0.4) is 0 Å². The lowest BCUT2D eigenvalue weighted by molar-refractivity contribution is -0.00255. The lowest BCUT2D eigenvalue weighted by Crippen LogP contribution is -2.51. The van der Waals surface area contributed by atoms with E-state index >= 15 is 0 Å². The molecule has 0 amide bonds. The van der Waals surface area contributed by atoms with Crippen molar-refractivity contribution < 1.29 is 9.47 Å². The molecule has 2 rings (SSSR count). The minimum absolute atomic E-state index is 0. The fourth-order valence-electron chi connectivity index (χ4n) is 3.45. The van der Waals surface area contributed by atoms with Gasteiger partial charge in [0, 0.05) is 25.3 Å². The highest BCUT2D eigenvalue weighted by Crippen LogP contribution is 2.26. The molecule has 1 unspecified atom stereocenters. The van der Waals surface area contributed by atoms with Crippen molar-refractivity contribution in [2.24, 2.45) is 10.9 Å². The Labute approximate surface area is 200 Å². The second kappa shape index (κ2) is 13.4. The normalized spacial score (nSPS) is 17.4. The molecule has 1 aliphatic heterocycles. The first-order valence-electron chi connectivity index (χ1n) is 10.9.